The molecule has 0 saturated heterocycles. The molecule has 0 bridgehead atoms. The van der Waals surface area contributed by atoms with Crippen molar-refractivity contribution in [3.8, 4) is 0 Å². The number of carbonyl (C=O) groups is 4. The number of ketones is 1. The summed E-state index contributed by atoms with van der Waals surface area (Å²) in [6, 6.07) is 8.98. The molecule has 4 aliphatic carbocycles. The fourth-order valence-electron chi connectivity index (χ4n) is 9.21. The van der Waals surface area contributed by atoms with Crippen molar-refractivity contribution in [1.29, 1.82) is 0 Å². The predicted octanol–water partition coefficient (Wildman–Crippen LogP) is 5.87. The second-order valence-corrected chi connectivity index (χ2v) is 15.0. The molecule has 10 nitrogen and oxygen atoms in total. The molecule has 0 aliphatic heterocycles. The Labute approximate surface area is 288 Å². The molecule has 7 atom stereocenters. The lowest BCUT2D eigenvalue weighted by atomic mass is 9.45. The number of aliphatic imine (C=N–C) groups is 1. The van der Waals surface area contributed by atoms with Crippen LogP contribution in [-0.2, 0) is 23.9 Å². The number of hydrogen-bond donors (Lipinski definition) is 2. The third kappa shape index (κ3) is 6.18. The van der Waals surface area contributed by atoms with Crippen molar-refractivity contribution in [3.63, 3.8) is 0 Å². The van der Waals surface area contributed by atoms with Crippen LogP contribution in [0.4, 0.5) is 10.1 Å². The Morgan fingerprint density at radius 3 is 2.59 bits per heavy atom. The van der Waals surface area contributed by atoms with Crippen molar-refractivity contribution in [2.45, 2.75) is 71.0 Å². The van der Waals surface area contributed by atoms with Crippen LogP contribution < -0.4 is 5.73 Å². The van der Waals surface area contributed by atoms with Crippen LogP contribution in [-0.4, -0.2) is 57.7 Å². The smallest absolute Gasteiger partial charge is 0.375 e. The Morgan fingerprint density at radius 1 is 1.16 bits per heavy atom. The van der Waals surface area contributed by atoms with Gasteiger partial charge in [-0.15, -0.1) is 0 Å². The van der Waals surface area contributed by atoms with Crippen LogP contribution in [0.5, 0.6) is 0 Å². The molecule has 1 heterocycles. The molecule has 1 aromatic heterocycles. The van der Waals surface area contributed by atoms with E-state index in [1.54, 1.807) is 24.4 Å². The van der Waals surface area contributed by atoms with Crippen molar-refractivity contribution in [2.75, 3.05) is 12.4 Å². The maximum atomic E-state index is 14.3. The quantitative estimate of drug-likeness (QED) is 0.321. The number of hydrogen-bond acceptors (Lipinski definition) is 11. The number of Topliss-reactive ketones (excluding diaryl/α,β-unsaturated/α-hetero) is 1. The van der Waals surface area contributed by atoms with Gasteiger partial charge in [-0.25, -0.2) is 14.2 Å². The monoisotopic (exact) mass is 692 g/mol. The van der Waals surface area contributed by atoms with Gasteiger partial charge in [0.25, 0.3) is 0 Å². The molecule has 4 aliphatic rings. The second kappa shape index (κ2) is 13.4. The Morgan fingerprint density at radius 2 is 1.92 bits per heavy atom. The first-order chi connectivity index (χ1) is 23.3. The maximum absolute atomic E-state index is 14.3. The minimum absolute atomic E-state index is 0.00176. The summed E-state index contributed by atoms with van der Waals surface area (Å²) in [5.41, 5.74) is 6.44. The number of thioether (sulfide) groups is 1. The number of nitrogens with zero attached hydrogens (tertiary/aromatic N) is 1. The standard InChI is InChI=1S/C37H41FN2O8S/c1-21(41)47-19-26(42)20-49-34(45)37(48-33(44)31-5-4-14-46-31)13-12-28-27-11-6-23-15-29(40-25-9-7-24(38)8-10-25)22(18-39)16-35(23,2)32(27)30(43)17-36(28,37)3/h4-5,7-10,14-15,18,27-28,30,32,43H,6,11-13,16-17,19-20,39H2,1-3H3/t27-,28?,30?,32?,35-,36-,37-/m0/s1. The van der Waals surface area contributed by atoms with E-state index in [-0.39, 0.29) is 47.9 Å². The summed E-state index contributed by atoms with van der Waals surface area (Å²) in [7, 11) is 0. The summed E-state index contributed by atoms with van der Waals surface area (Å²) >= 11 is 0.745. The van der Waals surface area contributed by atoms with Crippen LogP contribution in [0, 0.1) is 34.4 Å². The van der Waals surface area contributed by atoms with E-state index < -0.39 is 52.0 Å². The van der Waals surface area contributed by atoms with Crippen LogP contribution >= 0.6 is 11.8 Å². The molecule has 260 valence electrons. The third-order valence-electron chi connectivity index (χ3n) is 11.4. The van der Waals surface area contributed by atoms with Crippen LogP contribution in [0.3, 0.4) is 0 Å². The number of esters is 2. The van der Waals surface area contributed by atoms with E-state index in [4.69, 9.17) is 24.6 Å². The second-order valence-electron chi connectivity index (χ2n) is 14.1. The number of benzene rings is 1. The first-order valence-electron chi connectivity index (χ1n) is 16.5. The van der Waals surface area contributed by atoms with E-state index in [1.807, 2.05) is 6.92 Å². The van der Waals surface area contributed by atoms with Crippen molar-refractivity contribution < 1.29 is 42.6 Å². The summed E-state index contributed by atoms with van der Waals surface area (Å²) in [5.74, 6) is -2.75. The van der Waals surface area contributed by atoms with E-state index in [0.29, 0.717) is 24.2 Å². The van der Waals surface area contributed by atoms with E-state index >= 15 is 0 Å². The van der Waals surface area contributed by atoms with Gasteiger partial charge in [0.05, 0.1) is 29.5 Å². The summed E-state index contributed by atoms with van der Waals surface area (Å²) in [4.78, 5) is 56.2. The van der Waals surface area contributed by atoms with Gasteiger partial charge in [-0.2, -0.15) is 0 Å². The fraction of sp³-hybridized carbons (Fsp3) is 0.486. The summed E-state index contributed by atoms with van der Waals surface area (Å²) in [6.45, 7) is 4.82. The lowest BCUT2D eigenvalue weighted by Crippen LogP contribution is -2.62. The number of furan rings is 1. The first-order valence-corrected chi connectivity index (χ1v) is 17.5. The molecule has 1 aromatic carbocycles. The molecule has 3 fully saturated rings. The highest BCUT2D eigenvalue weighted by Gasteiger charge is 2.71. The van der Waals surface area contributed by atoms with Gasteiger partial charge in [0.1, 0.15) is 5.82 Å². The zero-order valence-electron chi connectivity index (χ0n) is 27.8. The van der Waals surface area contributed by atoms with Crippen LogP contribution in [0.25, 0.3) is 0 Å². The van der Waals surface area contributed by atoms with E-state index in [1.165, 1.54) is 31.4 Å². The number of fused-ring (bicyclic) bond motifs is 5. The minimum atomic E-state index is -1.64. The van der Waals surface area contributed by atoms with Crippen molar-refractivity contribution in [1.82, 2.24) is 0 Å². The SMILES string of the molecule is CC(=O)OCC(=O)CSC(=O)[C@@]1(OC(=O)c2ccco2)CCC2[C@@H]3CCC4=CC(=Nc5ccc(F)cc5)C(=CN)C[C@]4(C)C3C(O)C[C@@]21C. The summed E-state index contributed by atoms with van der Waals surface area (Å²) in [5, 5.41) is 11.7. The van der Waals surface area contributed by atoms with E-state index in [2.05, 4.69) is 13.0 Å². The number of aliphatic hydroxyl groups is 1. The number of carbonyl (C=O) groups excluding carboxylic acids is 4. The van der Waals surface area contributed by atoms with Crippen LogP contribution in [0.15, 0.2) is 75.5 Å². The maximum Gasteiger partial charge on any atom is 0.375 e. The van der Waals surface area contributed by atoms with Crippen molar-refractivity contribution in [3.05, 3.63) is 77.7 Å². The zero-order valence-corrected chi connectivity index (χ0v) is 28.6. The molecule has 3 saturated carbocycles. The molecule has 0 amide bonds. The molecule has 2 aromatic rings. The number of nitrogens with two attached hydrogens (primary N) is 1. The highest BCUT2D eigenvalue weighted by atomic mass is 32.2. The Kier molecular flexibility index (Phi) is 9.49. The molecule has 3 unspecified atom stereocenters. The highest BCUT2D eigenvalue weighted by Crippen LogP contribution is 2.69. The molecule has 3 N–H and O–H groups in total. The number of halogens is 1. The van der Waals surface area contributed by atoms with Gasteiger partial charge in [0.2, 0.25) is 10.9 Å². The molecule has 12 heteroatoms. The zero-order chi connectivity index (χ0) is 35.1. The van der Waals surface area contributed by atoms with Crippen LogP contribution in [0.1, 0.15) is 69.9 Å². The Balaban J connectivity index is 1.32. The largest absolute Gasteiger partial charge is 0.458 e. The molecule has 6 rings (SSSR count). The lowest BCUT2D eigenvalue weighted by Gasteiger charge is -2.60. The van der Waals surface area contributed by atoms with Gasteiger partial charge in [0, 0.05) is 12.3 Å². The van der Waals surface area contributed by atoms with Crippen molar-refractivity contribution >= 4 is 46.0 Å². The number of rotatable bonds is 8. The summed E-state index contributed by atoms with van der Waals surface area (Å²) in [6.07, 6.45) is 7.14. The minimum Gasteiger partial charge on any atom is -0.458 e. The van der Waals surface area contributed by atoms with Gasteiger partial charge in [-0.3, -0.25) is 14.4 Å². The Hall–Kier alpha value is -4.03. The predicted molar refractivity (Wildman–Crippen MR) is 180 cm³/mol. The van der Waals surface area contributed by atoms with Gasteiger partial charge in [-0.1, -0.05) is 31.2 Å². The molecular formula is C37H41FN2O8S. The van der Waals surface area contributed by atoms with Gasteiger partial charge < -0.3 is 24.7 Å². The first kappa shape index (κ1) is 34.8. The number of ether oxygens (including phenoxy) is 2. The van der Waals surface area contributed by atoms with Crippen LogP contribution in [0.2, 0.25) is 0 Å². The number of allylic oxidation sites excluding steroid dienone is 3. The third-order valence-corrected chi connectivity index (χ3v) is 12.4. The van der Waals surface area contributed by atoms with Crippen molar-refractivity contribution in [2.24, 2.45) is 39.3 Å². The number of aliphatic hydroxyl groups excluding tert-OH is 1. The van der Waals surface area contributed by atoms with E-state index in [9.17, 15) is 28.7 Å². The van der Waals surface area contributed by atoms with E-state index in [0.717, 1.165) is 35.7 Å². The lowest BCUT2D eigenvalue weighted by molar-refractivity contribution is -0.175. The van der Waals surface area contributed by atoms with Gasteiger partial charge in [-0.05, 0) is 116 Å². The molecule has 0 radical (unpaired) electrons. The highest BCUT2D eigenvalue weighted by molar-refractivity contribution is 8.14. The normalized spacial score (nSPS) is 33.6. The summed E-state index contributed by atoms with van der Waals surface area (Å²) < 4.78 is 29.9. The fourth-order valence-corrected chi connectivity index (χ4v) is 10.2. The topological polar surface area (TPSA) is 158 Å². The van der Waals surface area contributed by atoms with Gasteiger partial charge in [0.15, 0.2) is 18.0 Å². The molecule has 0 spiro atoms. The Bertz CT molecular complexity index is 1740. The molecule has 49 heavy (non-hydrogen) atoms. The van der Waals surface area contributed by atoms with Gasteiger partial charge >= 0.3 is 11.9 Å². The average Bonchev–Trinajstić information content (AvgIpc) is 3.70. The molecular weight excluding hydrogens is 651 g/mol. The average molecular weight is 693 g/mol.